The van der Waals surface area contributed by atoms with Crippen LogP contribution >= 0.6 is 11.3 Å². The molecule has 6 nitrogen and oxygen atoms in total. The molecule has 2 aromatic heterocycles. The van der Waals surface area contributed by atoms with Gasteiger partial charge in [-0.3, -0.25) is 9.59 Å². The first kappa shape index (κ1) is 21.7. The number of benzene rings is 2. The lowest BCUT2D eigenvalue weighted by atomic mass is 10.0. The van der Waals surface area contributed by atoms with Gasteiger partial charge in [-0.1, -0.05) is 48.5 Å². The van der Waals surface area contributed by atoms with Crippen molar-refractivity contribution in [3.05, 3.63) is 94.0 Å². The topological polar surface area (TPSA) is 89.0 Å². The summed E-state index contributed by atoms with van der Waals surface area (Å²) < 4.78 is 0. The average Bonchev–Trinajstić information content (AvgIpc) is 3.43. The van der Waals surface area contributed by atoms with Gasteiger partial charge < -0.3 is 15.2 Å². The summed E-state index contributed by atoms with van der Waals surface area (Å²) in [5.74, 6) is -0.232. The van der Waals surface area contributed by atoms with Crippen molar-refractivity contribution in [2.75, 3.05) is 11.9 Å². The molecule has 0 atom stereocenters. The second-order valence-electron chi connectivity index (χ2n) is 8.15. The van der Waals surface area contributed by atoms with Gasteiger partial charge in [0.2, 0.25) is 11.8 Å². The van der Waals surface area contributed by atoms with E-state index >= 15 is 0 Å². The monoisotopic (exact) mass is 466 g/mol. The van der Waals surface area contributed by atoms with E-state index in [0.29, 0.717) is 36.5 Å². The van der Waals surface area contributed by atoms with E-state index in [0.717, 1.165) is 32.5 Å². The van der Waals surface area contributed by atoms with Gasteiger partial charge in [0.25, 0.3) is 0 Å². The number of anilines is 1. The van der Waals surface area contributed by atoms with Gasteiger partial charge in [-0.25, -0.2) is 0 Å². The largest absolute Gasteiger partial charge is 0.361 e. The number of aromatic amines is 1. The fourth-order valence-electron chi connectivity index (χ4n) is 4.26. The maximum atomic E-state index is 13.1. The van der Waals surface area contributed by atoms with Crippen LogP contribution in [0.5, 0.6) is 0 Å². The Hall–Kier alpha value is -4.15. The SMILES string of the molecule is N#Cc1c(NC(=O)C=Cc2ccccc2)sc2c1CCN(C(=O)Cc1c[nH]c3ccccc13)C2. The predicted octanol–water partition coefficient (Wildman–Crippen LogP) is 4.88. The van der Waals surface area contributed by atoms with E-state index in [1.807, 2.05) is 65.7 Å². The Morgan fingerprint density at radius 2 is 1.94 bits per heavy atom. The summed E-state index contributed by atoms with van der Waals surface area (Å²) in [7, 11) is 0. The van der Waals surface area contributed by atoms with Gasteiger partial charge in [0, 0.05) is 34.6 Å². The number of nitrogens with one attached hydrogen (secondary N) is 2. The summed E-state index contributed by atoms with van der Waals surface area (Å²) in [6.07, 6.45) is 6.02. The summed E-state index contributed by atoms with van der Waals surface area (Å²) in [6, 6.07) is 19.8. The van der Waals surface area contributed by atoms with Gasteiger partial charge in [0.1, 0.15) is 11.1 Å². The number of hydrogen-bond acceptors (Lipinski definition) is 4. The molecule has 3 heterocycles. The van der Waals surface area contributed by atoms with Crippen molar-refractivity contribution < 1.29 is 9.59 Å². The van der Waals surface area contributed by atoms with Gasteiger partial charge in [0.15, 0.2) is 0 Å². The van der Waals surface area contributed by atoms with Crippen LogP contribution in [0.1, 0.15) is 27.1 Å². The number of aromatic nitrogens is 1. The molecular weight excluding hydrogens is 444 g/mol. The van der Waals surface area contributed by atoms with Gasteiger partial charge in [-0.2, -0.15) is 5.26 Å². The van der Waals surface area contributed by atoms with Crippen LogP contribution in [0, 0.1) is 11.3 Å². The molecule has 1 aliphatic heterocycles. The zero-order valence-electron chi connectivity index (χ0n) is 18.4. The van der Waals surface area contributed by atoms with Crippen molar-refractivity contribution in [2.45, 2.75) is 19.4 Å². The van der Waals surface area contributed by atoms with E-state index in [4.69, 9.17) is 0 Å². The van der Waals surface area contributed by atoms with Crippen LogP contribution < -0.4 is 5.32 Å². The smallest absolute Gasteiger partial charge is 0.249 e. The zero-order chi connectivity index (χ0) is 23.5. The number of hydrogen-bond donors (Lipinski definition) is 2. The second-order valence-corrected chi connectivity index (χ2v) is 9.26. The molecule has 0 spiro atoms. The number of H-pyrrole nitrogens is 1. The number of rotatable bonds is 5. The van der Waals surface area contributed by atoms with Crippen LogP contribution in [0.4, 0.5) is 5.00 Å². The number of nitriles is 1. The zero-order valence-corrected chi connectivity index (χ0v) is 19.2. The van der Waals surface area contributed by atoms with Crippen molar-refractivity contribution in [3.63, 3.8) is 0 Å². The molecule has 34 heavy (non-hydrogen) atoms. The summed E-state index contributed by atoms with van der Waals surface area (Å²) in [5, 5.41) is 14.2. The minimum atomic E-state index is -0.286. The van der Waals surface area contributed by atoms with Crippen LogP contribution in [0.3, 0.4) is 0 Å². The molecule has 2 amide bonds. The molecule has 0 saturated heterocycles. The lowest BCUT2D eigenvalue weighted by molar-refractivity contribution is -0.131. The number of fused-ring (bicyclic) bond motifs is 2. The van der Waals surface area contributed by atoms with Crippen LogP contribution in [-0.4, -0.2) is 28.2 Å². The Morgan fingerprint density at radius 3 is 2.76 bits per heavy atom. The van der Waals surface area contributed by atoms with Crippen LogP contribution in [0.2, 0.25) is 0 Å². The Bertz CT molecular complexity index is 1440. The predicted molar refractivity (Wildman–Crippen MR) is 134 cm³/mol. The van der Waals surface area contributed by atoms with Gasteiger partial charge in [0.05, 0.1) is 18.5 Å². The summed E-state index contributed by atoms with van der Waals surface area (Å²) in [5.41, 5.74) is 4.36. The van der Waals surface area contributed by atoms with Crippen molar-refractivity contribution in [1.29, 1.82) is 5.26 Å². The molecule has 0 aliphatic carbocycles. The van der Waals surface area contributed by atoms with Crippen LogP contribution in [0.25, 0.3) is 17.0 Å². The Morgan fingerprint density at radius 1 is 1.15 bits per heavy atom. The number of nitrogens with zero attached hydrogens (tertiary/aromatic N) is 2. The standard InChI is InChI=1S/C27H22N4O2S/c28-15-22-21-12-13-31(26(33)14-19-16-29-23-9-5-4-8-20(19)23)17-24(21)34-27(22)30-25(32)11-10-18-6-2-1-3-7-18/h1-11,16,29H,12-14,17H2,(H,30,32). The molecule has 2 N–H and O–H groups in total. The van der Waals surface area contributed by atoms with E-state index in [1.54, 1.807) is 6.08 Å². The van der Waals surface area contributed by atoms with Crippen molar-refractivity contribution in [3.8, 4) is 6.07 Å². The number of carbonyl (C=O) groups excluding carboxylic acids is 2. The van der Waals surface area contributed by atoms with Gasteiger partial charge in [-0.15, -0.1) is 11.3 Å². The number of carbonyl (C=O) groups is 2. The normalized spacial score (nSPS) is 13.1. The molecule has 168 valence electrons. The third-order valence-corrected chi connectivity index (χ3v) is 7.13. The molecule has 0 bridgehead atoms. The van der Waals surface area contributed by atoms with Gasteiger partial charge in [-0.05, 0) is 35.3 Å². The van der Waals surface area contributed by atoms with E-state index in [-0.39, 0.29) is 11.8 Å². The number of para-hydroxylation sites is 1. The maximum absolute atomic E-state index is 13.1. The first-order valence-corrected chi connectivity index (χ1v) is 11.9. The van der Waals surface area contributed by atoms with Crippen LogP contribution in [0.15, 0.2) is 66.9 Å². The highest BCUT2D eigenvalue weighted by Crippen LogP contribution is 2.37. The van der Waals surface area contributed by atoms with Gasteiger partial charge >= 0.3 is 0 Å². The highest BCUT2D eigenvalue weighted by Gasteiger charge is 2.27. The maximum Gasteiger partial charge on any atom is 0.249 e. The third kappa shape index (κ3) is 4.36. The van der Waals surface area contributed by atoms with E-state index in [9.17, 15) is 14.9 Å². The molecule has 0 fully saturated rings. The fraction of sp³-hybridized carbons (Fsp3) is 0.148. The van der Waals surface area contributed by atoms with Crippen molar-refractivity contribution >= 4 is 45.1 Å². The molecule has 5 rings (SSSR count). The van der Waals surface area contributed by atoms with E-state index < -0.39 is 0 Å². The van der Waals surface area contributed by atoms with E-state index in [1.165, 1.54) is 17.4 Å². The highest BCUT2D eigenvalue weighted by molar-refractivity contribution is 7.16. The quantitative estimate of drug-likeness (QED) is 0.411. The molecule has 0 radical (unpaired) electrons. The minimum absolute atomic E-state index is 0.0543. The fourth-order valence-corrected chi connectivity index (χ4v) is 5.48. The van der Waals surface area contributed by atoms with Crippen molar-refractivity contribution in [2.24, 2.45) is 0 Å². The van der Waals surface area contributed by atoms with Crippen molar-refractivity contribution in [1.82, 2.24) is 9.88 Å². The average molecular weight is 467 g/mol. The first-order chi connectivity index (χ1) is 16.6. The van der Waals surface area contributed by atoms with Crippen LogP contribution in [-0.2, 0) is 29.0 Å². The molecule has 0 unspecified atom stereocenters. The highest BCUT2D eigenvalue weighted by atomic mass is 32.1. The summed E-state index contributed by atoms with van der Waals surface area (Å²) in [4.78, 5) is 31.5. The Balaban J connectivity index is 1.29. The molecule has 4 aromatic rings. The molecule has 7 heteroatoms. The van der Waals surface area contributed by atoms with E-state index in [2.05, 4.69) is 16.4 Å². The lowest BCUT2D eigenvalue weighted by Crippen LogP contribution is -2.36. The number of amides is 2. The molecule has 2 aromatic carbocycles. The molecular formula is C27H22N4O2S. The number of thiophene rings is 1. The second kappa shape index (κ2) is 9.38. The first-order valence-electron chi connectivity index (χ1n) is 11.0. The molecule has 1 aliphatic rings. The lowest BCUT2D eigenvalue weighted by Gasteiger charge is -2.27. The Labute approximate surface area is 201 Å². The molecule has 0 saturated carbocycles. The Kier molecular flexibility index (Phi) is 5.98. The summed E-state index contributed by atoms with van der Waals surface area (Å²) >= 11 is 1.38. The summed E-state index contributed by atoms with van der Waals surface area (Å²) in [6.45, 7) is 1.01. The third-order valence-electron chi connectivity index (χ3n) is 6.00. The minimum Gasteiger partial charge on any atom is -0.361 e.